The molecule has 1 atom stereocenters. The van der Waals surface area contributed by atoms with E-state index in [2.05, 4.69) is 5.32 Å². The molecule has 4 nitrogen and oxygen atoms in total. The molecule has 0 fully saturated rings. The number of hydrogen-bond donors (Lipinski definition) is 2. The zero-order valence-corrected chi connectivity index (χ0v) is 8.57. The standard InChI is InChI=1S/C10H10ClNO3/c11-7-3-1-2-4-8(7)12-9(5-6-13)10(14)15/h1-4,6,9,12H,5H2,(H,14,15). The lowest BCUT2D eigenvalue weighted by Crippen LogP contribution is -2.29. The molecular formula is C10H10ClNO3. The number of carbonyl (C=O) groups is 2. The Morgan fingerprint density at radius 3 is 2.73 bits per heavy atom. The van der Waals surface area contributed by atoms with Gasteiger partial charge in [-0.25, -0.2) is 4.79 Å². The lowest BCUT2D eigenvalue weighted by atomic mass is 10.2. The molecule has 0 aliphatic heterocycles. The van der Waals surface area contributed by atoms with Crippen molar-refractivity contribution in [1.82, 2.24) is 0 Å². The molecule has 0 radical (unpaired) electrons. The molecule has 0 aliphatic carbocycles. The van der Waals surface area contributed by atoms with Crippen molar-refractivity contribution in [1.29, 1.82) is 0 Å². The van der Waals surface area contributed by atoms with Crippen LogP contribution in [0.1, 0.15) is 6.42 Å². The van der Waals surface area contributed by atoms with E-state index < -0.39 is 12.0 Å². The van der Waals surface area contributed by atoms with E-state index >= 15 is 0 Å². The maximum Gasteiger partial charge on any atom is 0.326 e. The second kappa shape index (κ2) is 5.36. The molecule has 1 aromatic carbocycles. The number of hydrogen-bond acceptors (Lipinski definition) is 3. The van der Waals surface area contributed by atoms with E-state index in [0.29, 0.717) is 17.0 Å². The largest absolute Gasteiger partial charge is 0.480 e. The molecule has 0 heterocycles. The number of halogens is 1. The van der Waals surface area contributed by atoms with Crippen molar-refractivity contribution in [3.05, 3.63) is 29.3 Å². The molecule has 80 valence electrons. The molecule has 1 unspecified atom stereocenters. The molecule has 1 aromatic rings. The van der Waals surface area contributed by atoms with E-state index in [1.54, 1.807) is 24.3 Å². The first-order chi connectivity index (χ1) is 7.15. The van der Waals surface area contributed by atoms with Crippen molar-refractivity contribution in [3.63, 3.8) is 0 Å². The number of carboxylic acids is 1. The van der Waals surface area contributed by atoms with E-state index in [1.807, 2.05) is 0 Å². The summed E-state index contributed by atoms with van der Waals surface area (Å²) in [4.78, 5) is 21.0. The molecule has 1 rings (SSSR count). The number of nitrogens with one attached hydrogen (secondary N) is 1. The normalized spacial score (nSPS) is 11.8. The summed E-state index contributed by atoms with van der Waals surface area (Å²) in [7, 11) is 0. The van der Waals surface area contributed by atoms with Crippen molar-refractivity contribution in [2.24, 2.45) is 0 Å². The van der Waals surface area contributed by atoms with Gasteiger partial charge in [0, 0.05) is 6.42 Å². The molecule has 0 spiro atoms. The molecule has 5 heteroatoms. The summed E-state index contributed by atoms with van der Waals surface area (Å²) in [6.45, 7) is 0. The van der Waals surface area contributed by atoms with Gasteiger partial charge < -0.3 is 15.2 Å². The van der Waals surface area contributed by atoms with Gasteiger partial charge in [0.1, 0.15) is 12.3 Å². The summed E-state index contributed by atoms with van der Waals surface area (Å²) in [5, 5.41) is 11.9. The van der Waals surface area contributed by atoms with Gasteiger partial charge in [-0.3, -0.25) is 0 Å². The van der Waals surface area contributed by atoms with Crippen LogP contribution < -0.4 is 5.32 Å². The van der Waals surface area contributed by atoms with Crippen molar-refractivity contribution >= 4 is 29.5 Å². The molecule has 0 aliphatic rings. The van der Waals surface area contributed by atoms with E-state index in [1.165, 1.54) is 0 Å². The smallest absolute Gasteiger partial charge is 0.326 e. The van der Waals surface area contributed by atoms with Crippen LogP contribution in [0.25, 0.3) is 0 Å². The first-order valence-corrected chi connectivity index (χ1v) is 4.70. The Hall–Kier alpha value is -1.55. The maximum absolute atomic E-state index is 10.7. The Morgan fingerprint density at radius 2 is 2.20 bits per heavy atom. The summed E-state index contributed by atoms with van der Waals surface area (Å²) in [6, 6.07) is 5.83. The third-order valence-corrected chi connectivity index (χ3v) is 2.16. The van der Waals surface area contributed by atoms with E-state index in [4.69, 9.17) is 16.7 Å². The zero-order valence-electron chi connectivity index (χ0n) is 7.81. The van der Waals surface area contributed by atoms with E-state index in [-0.39, 0.29) is 6.42 Å². The second-order valence-corrected chi connectivity index (χ2v) is 3.32. The van der Waals surface area contributed by atoms with E-state index in [0.717, 1.165) is 0 Å². The van der Waals surface area contributed by atoms with Gasteiger partial charge in [0.15, 0.2) is 0 Å². The van der Waals surface area contributed by atoms with Gasteiger partial charge in [-0.1, -0.05) is 23.7 Å². The highest BCUT2D eigenvalue weighted by Gasteiger charge is 2.17. The fourth-order valence-electron chi connectivity index (χ4n) is 1.08. The van der Waals surface area contributed by atoms with Crippen LogP contribution in [-0.2, 0) is 9.59 Å². The minimum atomic E-state index is -1.08. The lowest BCUT2D eigenvalue weighted by molar-refractivity contribution is -0.138. The second-order valence-electron chi connectivity index (χ2n) is 2.92. The summed E-state index contributed by atoms with van der Waals surface area (Å²) in [6.07, 6.45) is 0.461. The van der Waals surface area contributed by atoms with Crippen LogP contribution in [0.3, 0.4) is 0 Å². The Balaban J connectivity index is 2.78. The number of benzene rings is 1. The Morgan fingerprint density at radius 1 is 1.53 bits per heavy atom. The first kappa shape index (κ1) is 11.5. The van der Waals surface area contributed by atoms with Gasteiger partial charge in [0.05, 0.1) is 10.7 Å². The third-order valence-electron chi connectivity index (χ3n) is 1.83. The molecule has 15 heavy (non-hydrogen) atoms. The van der Waals surface area contributed by atoms with Crippen LogP contribution in [0.5, 0.6) is 0 Å². The van der Waals surface area contributed by atoms with Crippen LogP contribution in [0.4, 0.5) is 5.69 Å². The van der Waals surface area contributed by atoms with Crippen molar-refractivity contribution in [2.75, 3.05) is 5.32 Å². The minimum absolute atomic E-state index is 0.0967. The van der Waals surface area contributed by atoms with Crippen molar-refractivity contribution in [2.45, 2.75) is 12.5 Å². The zero-order chi connectivity index (χ0) is 11.3. The predicted octanol–water partition coefficient (Wildman–Crippen LogP) is 1.79. The fraction of sp³-hybridized carbons (Fsp3) is 0.200. The number of aliphatic carboxylic acids is 1. The maximum atomic E-state index is 10.7. The third kappa shape index (κ3) is 3.25. The molecule has 0 bridgehead atoms. The first-order valence-electron chi connectivity index (χ1n) is 4.32. The molecule has 0 amide bonds. The van der Waals surface area contributed by atoms with Gasteiger partial charge in [-0.05, 0) is 12.1 Å². The number of carboxylic acid groups (broad SMARTS) is 1. The highest BCUT2D eigenvalue weighted by molar-refractivity contribution is 6.33. The van der Waals surface area contributed by atoms with Crippen molar-refractivity contribution in [3.8, 4) is 0 Å². The highest BCUT2D eigenvalue weighted by Crippen LogP contribution is 2.21. The molecule has 0 aromatic heterocycles. The predicted molar refractivity (Wildman–Crippen MR) is 57.2 cm³/mol. The average Bonchev–Trinajstić information content (AvgIpc) is 2.20. The number of carbonyl (C=O) groups excluding carboxylic acids is 1. The monoisotopic (exact) mass is 227 g/mol. The summed E-state index contributed by atoms with van der Waals surface area (Å²) >= 11 is 5.83. The number of rotatable bonds is 5. The topological polar surface area (TPSA) is 66.4 Å². The number of para-hydroxylation sites is 1. The summed E-state index contributed by atoms with van der Waals surface area (Å²) in [5.41, 5.74) is 0.508. The molecule has 2 N–H and O–H groups in total. The average molecular weight is 228 g/mol. The fourth-order valence-corrected chi connectivity index (χ4v) is 1.27. The molecule has 0 saturated heterocycles. The molecular weight excluding hydrogens is 218 g/mol. The Bertz CT molecular complexity index is 367. The summed E-state index contributed by atoms with van der Waals surface area (Å²) in [5.74, 6) is -1.08. The van der Waals surface area contributed by atoms with Gasteiger partial charge >= 0.3 is 5.97 Å². The Kier molecular flexibility index (Phi) is 4.12. The molecule has 0 saturated carbocycles. The lowest BCUT2D eigenvalue weighted by Gasteiger charge is -2.13. The minimum Gasteiger partial charge on any atom is -0.480 e. The van der Waals surface area contributed by atoms with Crippen molar-refractivity contribution < 1.29 is 14.7 Å². The van der Waals surface area contributed by atoms with Crippen LogP contribution >= 0.6 is 11.6 Å². The SMILES string of the molecule is O=CCC(Nc1ccccc1Cl)C(=O)O. The van der Waals surface area contributed by atoms with Gasteiger partial charge in [0.2, 0.25) is 0 Å². The van der Waals surface area contributed by atoms with Crippen LogP contribution in [0, 0.1) is 0 Å². The van der Waals surface area contributed by atoms with Crippen LogP contribution in [0.15, 0.2) is 24.3 Å². The quantitative estimate of drug-likeness (QED) is 0.753. The van der Waals surface area contributed by atoms with Crippen LogP contribution in [-0.4, -0.2) is 23.4 Å². The number of aldehydes is 1. The van der Waals surface area contributed by atoms with E-state index in [9.17, 15) is 9.59 Å². The Labute approximate surface area is 91.9 Å². The number of anilines is 1. The summed E-state index contributed by atoms with van der Waals surface area (Å²) < 4.78 is 0. The van der Waals surface area contributed by atoms with Gasteiger partial charge in [-0.15, -0.1) is 0 Å². The van der Waals surface area contributed by atoms with Gasteiger partial charge in [-0.2, -0.15) is 0 Å². The highest BCUT2D eigenvalue weighted by atomic mass is 35.5. The van der Waals surface area contributed by atoms with Gasteiger partial charge in [0.25, 0.3) is 0 Å². The van der Waals surface area contributed by atoms with Crippen LogP contribution in [0.2, 0.25) is 5.02 Å².